The summed E-state index contributed by atoms with van der Waals surface area (Å²) in [5, 5.41) is 2.31. The van der Waals surface area contributed by atoms with Gasteiger partial charge in [0.1, 0.15) is 0 Å². The topological polar surface area (TPSA) is 72.3 Å². The van der Waals surface area contributed by atoms with E-state index in [2.05, 4.69) is 97.6 Å². The molecule has 0 aliphatic rings. The molecule has 5 aromatic carbocycles. The molecule has 0 spiro atoms. The highest BCUT2D eigenvalue weighted by molar-refractivity contribution is 5.93. The number of anilines is 3. The van der Waals surface area contributed by atoms with Crippen LogP contribution in [0, 0.1) is 13.8 Å². The molecule has 0 amide bonds. The van der Waals surface area contributed by atoms with Gasteiger partial charge in [-0.1, -0.05) is 96.1 Å². The van der Waals surface area contributed by atoms with Gasteiger partial charge in [0.25, 0.3) is 0 Å². The number of nitrogens with zero attached hydrogens (tertiary/aromatic N) is 1. The van der Waals surface area contributed by atoms with Crippen LogP contribution in [0.3, 0.4) is 0 Å². The van der Waals surface area contributed by atoms with Gasteiger partial charge in [0, 0.05) is 23.6 Å². The first-order valence-corrected chi connectivity index (χ1v) is 13.4. The molecule has 0 bridgehead atoms. The molecule has 0 aliphatic carbocycles. The summed E-state index contributed by atoms with van der Waals surface area (Å²) in [6, 6.07) is 38.2. The van der Waals surface area contributed by atoms with Gasteiger partial charge in [-0.25, -0.2) is 0 Å². The number of benzene rings is 5. The molecule has 196 valence electrons. The van der Waals surface area contributed by atoms with Crippen molar-refractivity contribution in [3.8, 4) is 0 Å². The van der Waals surface area contributed by atoms with Crippen molar-refractivity contribution < 1.29 is 4.79 Å². The fourth-order valence-electron chi connectivity index (χ4n) is 5.14. The lowest BCUT2D eigenvalue weighted by atomic mass is 9.86. The molecule has 4 heteroatoms. The minimum absolute atomic E-state index is 0.0229. The SMILES string of the molecule is Cc1ccc(N(CC(C(=O)C(N)Cc2ccc3ccccc3c2)c2ccccc2N)c2ccc(C)cc2)cc1. The quantitative estimate of drug-likeness (QED) is 0.206. The summed E-state index contributed by atoms with van der Waals surface area (Å²) in [5.41, 5.74) is 20.0. The lowest BCUT2D eigenvalue weighted by Gasteiger charge is -2.31. The first-order chi connectivity index (χ1) is 18.9. The minimum Gasteiger partial charge on any atom is -0.398 e. The fourth-order valence-corrected chi connectivity index (χ4v) is 5.14. The molecule has 5 rings (SSSR count). The highest BCUT2D eigenvalue weighted by atomic mass is 16.1. The minimum atomic E-state index is -0.673. The number of aryl methyl sites for hydroxylation is 2. The van der Waals surface area contributed by atoms with E-state index in [4.69, 9.17) is 11.5 Å². The summed E-state index contributed by atoms with van der Waals surface area (Å²) in [4.78, 5) is 16.4. The smallest absolute Gasteiger partial charge is 0.159 e. The number of hydrogen-bond donors (Lipinski definition) is 2. The third-order valence-electron chi connectivity index (χ3n) is 7.41. The van der Waals surface area contributed by atoms with Crippen LogP contribution in [-0.2, 0) is 11.2 Å². The van der Waals surface area contributed by atoms with E-state index >= 15 is 0 Å². The van der Waals surface area contributed by atoms with Gasteiger partial charge in [-0.2, -0.15) is 0 Å². The second kappa shape index (κ2) is 11.5. The van der Waals surface area contributed by atoms with Crippen molar-refractivity contribution >= 4 is 33.6 Å². The standard InChI is InChI=1S/C35H35N3O/c1-24-11-17-29(18-12-24)38(30-19-13-25(2)14-20-30)23-32(31-9-5-6-10-33(31)36)35(39)34(37)22-26-15-16-27-7-3-4-8-28(27)21-26/h3-21,32,34H,22-23,36-37H2,1-2H3. The number of Topliss-reactive ketones (excluding diaryl/α,β-unsaturated/α-hetero) is 1. The van der Waals surface area contributed by atoms with Crippen LogP contribution in [0.25, 0.3) is 10.8 Å². The predicted molar refractivity (Wildman–Crippen MR) is 164 cm³/mol. The van der Waals surface area contributed by atoms with Gasteiger partial charge in [-0.05, 0) is 72.5 Å². The number of carbonyl (C=O) groups excluding carboxylic acids is 1. The fraction of sp³-hybridized carbons (Fsp3) is 0.171. The first-order valence-electron chi connectivity index (χ1n) is 13.4. The Balaban J connectivity index is 1.50. The van der Waals surface area contributed by atoms with Crippen LogP contribution in [0.15, 0.2) is 115 Å². The van der Waals surface area contributed by atoms with E-state index in [-0.39, 0.29) is 5.78 Å². The van der Waals surface area contributed by atoms with E-state index in [1.54, 1.807) is 0 Å². The van der Waals surface area contributed by atoms with Crippen molar-refractivity contribution in [3.05, 3.63) is 138 Å². The van der Waals surface area contributed by atoms with Crippen molar-refractivity contribution in [2.75, 3.05) is 17.2 Å². The average molecular weight is 514 g/mol. The monoisotopic (exact) mass is 513 g/mol. The van der Waals surface area contributed by atoms with Crippen LogP contribution >= 0.6 is 0 Å². The molecule has 0 aromatic heterocycles. The Bertz CT molecular complexity index is 1530. The zero-order chi connectivity index (χ0) is 27.4. The lowest BCUT2D eigenvalue weighted by molar-refractivity contribution is -0.121. The van der Waals surface area contributed by atoms with Crippen molar-refractivity contribution in [2.24, 2.45) is 5.73 Å². The summed E-state index contributed by atoms with van der Waals surface area (Å²) in [6.07, 6.45) is 0.460. The number of ketones is 1. The zero-order valence-electron chi connectivity index (χ0n) is 22.5. The lowest BCUT2D eigenvalue weighted by Crippen LogP contribution is -2.40. The zero-order valence-corrected chi connectivity index (χ0v) is 22.5. The van der Waals surface area contributed by atoms with Gasteiger partial charge in [-0.15, -0.1) is 0 Å². The normalized spacial score (nSPS) is 12.7. The van der Waals surface area contributed by atoms with Crippen molar-refractivity contribution in [3.63, 3.8) is 0 Å². The number of fused-ring (bicyclic) bond motifs is 1. The van der Waals surface area contributed by atoms with E-state index in [1.807, 2.05) is 36.4 Å². The molecule has 4 nitrogen and oxygen atoms in total. The maximum absolute atomic E-state index is 14.2. The molecule has 5 aromatic rings. The van der Waals surface area contributed by atoms with Gasteiger partial charge in [0.05, 0.1) is 12.0 Å². The summed E-state index contributed by atoms with van der Waals surface area (Å²) >= 11 is 0. The highest BCUT2D eigenvalue weighted by Gasteiger charge is 2.30. The first kappa shape index (κ1) is 26.2. The van der Waals surface area contributed by atoms with E-state index in [9.17, 15) is 4.79 Å². The van der Waals surface area contributed by atoms with Crippen LogP contribution in [-0.4, -0.2) is 18.4 Å². The van der Waals surface area contributed by atoms with Gasteiger partial charge in [0.15, 0.2) is 5.78 Å². The molecule has 2 atom stereocenters. The molecule has 0 saturated heterocycles. The van der Waals surface area contributed by atoms with Crippen LogP contribution in [0.2, 0.25) is 0 Å². The van der Waals surface area contributed by atoms with Crippen LogP contribution in [0.5, 0.6) is 0 Å². The third-order valence-corrected chi connectivity index (χ3v) is 7.41. The summed E-state index contributed by atoms with van der Waals surface area (Å²) in [7, 11) is 0. The Labute approximate surface area is 230 Å². The van der Waals surface area contributed by atoms with Crippen LogP contribution in [0.1, 0.15) is 28.2 Å². The molecule has 39 heavy (non-hydrogen) atoms. The van der Waals surface area contributed by atoms with Gasteiger partial charge in [-0.3, -0.25) is 4.79 Å². The maximum atomic E-state index is 14.2. The third kappa shape index (κ3) is 6.02. The van der Waals surface area contributed by atoms with Gasteiger partial charge >= 0.3 is 0 Å². The Morgan fingerprint density at radius 2 is 1.28 bits per heavy atom. The van der Waals surface area contributed by atoms with E-state index in [0.717, 1.165) is 27.9 Å². The molecule has 4 N–H and O–H groups in total. The average Bonchev–Trinajstić information content (AvgIpc) is 2.95. The van der Waals surface area contributed by atoms with Gasteiger partial charge in [0.2, 0.25) is 0 Å². The number of nitrogen functional groups attached to an aromatic ring is 1. The van der Waals surface area contributed by atoms with Crippen LogP contribution < -0.4 is 16.4 Å². The summed E-state index contributed by atoms with van der Waals surface area (Å²) < 4.78 is 0. The van der Waals surface area contributed by atoms with Crippen molar-refractivity contribution in [1.29, 1.82) is 0 Å². The Kier molecular flexibility index (Phi) is 7.76. The van der Waals surface area contributed by atoms with E-state index in [0.29, 0.717) is 18.7 Å². The number of carbonyl (C=O) groups is 1. The second-order valence-corrected chi connectivity index (χ2v) is 10.4. The summed E-state index contributed by atoms with van der Waals surface area (Å²) in [6.45, 7) is 4.57. The Hall–Kier alpha value is -4.41. The molecule has 0 radical (unpaired) electrons. The number of rotatable bonds is 9. The largest absolute Gasteiger partial charge is 0.398 e. The predicted octanol–water partition coefficient (Wildman–Crippen LogP) is 7.10. The number of nitrogens with two attached hydrogens (primary N) is 2. The van der Waals surface area contributed by atoms with E-state index < -0.39 is 12.0 Å². The van der Waals surface area contributed by atoms with Crippen molar-refractivity contribution in [2.45, 2.75) is 32.2 Å². The molecule has 0 saturated carbocycles. The van der Waals surface area contributed by atoms with E-state index in [1.165, 1.54) is 16.5 Å². The molecule has 0 fully saturated rings. The molecular weight excluding hydrogens is 478 g/mol. The van der Waals surface area contributed by atoms with Crippen molar-refractivity contribution in [1.82, 2.24) is 0 Å². The number of hydrogen-bond acceptors (Lipinski definition) is 4. The van der Waals surface area contributed by atoms with Gasteiger partial charge < -0.3 is 16.4 Å². The molecular formula is C35H35N3O. The Morgan fingerprint density at radius 3 is 1.90 bits per heavy atom. The number of para-hydroxylation sites is 1. The second-order valence-electron chi connectivity index (χ2n) is 10.4. The summed E-state index contributed by atoms with van der Waals surface area (Å²) in [5.74, 6) is -0.533. The maximum Gasteiger partial charge on any atom is 0.159 e. The van der Waals surface area contributed by atoms with Crippen LogP contribution in [0.4, 0.5) is 17.1 Å². The highest BCUT2D eigenvalue weighted by Crippen LogP contribution is 2.33. The Morgan fingerprint density at radius 1 is 0.718 bits per heavy atom. The molecule has 0 heterocycles. The molecule has 2 unspecified atom stereocenters. The molecule has 0 aliphatic heterocycles.